The molecule has 0 fully saturated rings. The first kappa shape index (κ1) is 18.7. The number of hydrogen-bond acceptors (Lipinski definition) is 4. The molecule has 1 aromatic carbocycles. The van der Waals surface area contributed by atoms with Gasteiger partial charge in [-0.3, -0.25) is 13.9 Å². The third kappa shape index (κ3) is 3.20. The normalized spacial score (nSPS) is 11.8. The van der Waals surface area contributed by atoms with Crippen LogP contribution in [0.2, 0.25) is 0 Å². The van der Waals surface area contributed by atoms with Gasteiger partial charge in [-0.15, -0.1) is 0 Å². The smallest absolute Gasteiger partial charge is 0.354 e. The number of alkyl halides is 3. The molecule has 2 aromatic heterocycles. The highest BCUT2D eigenvalue weighted by Gasteiger charge is 2.30. The van der Waals surface area contributed by atoms with Gasteiger partial charge in [0.2, 0.25) is 0 Å². The van der Waals surface area contributed by atoms with Gasteiger partial charge in [0.25, 0.3) is 5.56 Å². The van der Waals surface area contributed by atoms with Gasteiger partial charge in [0.15, 0.2) is 5.65 Å². The van der Waals surface area contributed by atoms with Gasteiger partial charge >= 0.3 is 11.9 Å². The molecule has 2 heterocycles. The van der Waals surface area contributed by atoms with Crippen molar-refractivity contribution >= 4 is 22.4 Å². The number of rotatable bonds is 3. The van der Waals surface area contributed by atoms with Crippen LogP contribution in [0.25, 0.3) is 11.0 Å². The maximum Gasteiger partial charge on any atom is 0.416 e. The first-order valence-electron chi connectivity index (χ1n) is 8.17. The Morgan fingerprint density at radius 1 is 1.15 bits per heavy atom. The topological polar surface area (TPSA) is 68.9 Å². The van der Waals surface area contributed by atoms with E-state index in [9.17, 15) is 22.8 Å². The standard InChI is InChI=1S/C18H17F3N4O2/c1-4-10-9-22-15-13(16(26)25(3)17(27)24(15)2)14(10)23-12-7-5-6-11(8-12)18(19,20)21/h5-9H,4H2,1-3H3,(H,22,23). The molecule has 6 nitrogen and oxygen atoms in total. The first-order valence-corrected chi connectivity index (χ1v) is 8.17. The summed E-state index contributed by atoms with van der Waals surface area (Å²) in [5.41, 5.74) is -0.560. The Balaban J connectivity index is 2.28. The number of nitrogens with zero attached hydrogens (tertiary/aromatic N) is 3. The lowest BCUT2D eigenvalue weighted by molar-refractivity contribution is -0.137. The quantitative estimate of drug-likeness (QED) is 0.761. The van der Waals surface area contributed by atoms with E-state index in [0.717, 1.165) is 16.7 Å². The minimum Gasteiger partial charge on any atom is -0.354 e. The van der Waals surface area contributed by atoms with E-state index in [1.54, 1.807) is 0 Å². The van der Waals surface area contributed by atoms with Gasteiger partial charge in [0, 0.05) is 26.0 Å². The monoisotopic (exact) mass is 378 g/mol. The summed E-state index contributed by atoms with van der Waals surface area (Å²) in [6.07, 6.45) is -2.47. The van der Waals surface area contributed by atoms with Crippen LogP contribution in [0, 0.1) is 0 Å². The highest BCUT2D eigenvalue weighted by molar-refractivity contribution is 5.92. The number of fused-ring (bicyclic) bond motifs is 1. The molecule has 0 bridgehead atoms. The third-order valence-electron chi connectivity index (χ3n) is 4.39. The summed E-state index contributed by atoms with van der Waals surface area (Å²) >= 11 is 0. The number of anilines is 2. The summed E-state index contributed by atoms with van der Waals surface area (Å²) in [4.78, 5) is 29.0. The van der Waals surface area contributed by atoms with Crippen molar-refractivity contribution in [1.82, 2.24) is 14.1 Å². The zero-order valence-corrected chi connectivity index (χ0v) is 14.9. The molecule has 0 aliphatic heterocycles. The maximum absolute atomic E-state index is 13.0. The van der Waals surface area contributed by atoms with Crippen molar-refractivity contribution in [2.75, 3.05) is 5.32 Å². The van der Waals surface area contributed by atoms with Crippen molar-refractivity contribution in [3.8, 4) is 0 Å². The van der Waals surface area contributed by atoms with E-state index in [2.05, 4.69) is 10.3 Å². The molecule has 0 aliphatic rings. The van der Waals surface area contributed by atoms with Crippen molar-refractivity contribution in [2.24, 2.45) is 14.1 Å². The molecule has 0 saturated heterocycles. The Bertz CT molecular complexity index is 1150. The predicted molar refractivity (Wildman–Crippen MR) is 96.3 cm³/mol. The number of halogens is 3. The van der Waals surface area contributed by atoms with E-state index in [-0.39, 0.29) is 16.7 Å². The summed E-state index contributed by atoms with van der Waals surface area (Å²) in [6, 6.07) is 4.71. The molecule has 0 radical (unpaired) electrons. The lowest BCUT2D eigenvalue weighted by Crippen LogP contribution is -2.37. The highest BCUT2D eigenvalue weighted by atomic mass is 19.4. The molecular weight excluding hydrogens is 361 g/mol. The van der Waals surface area contributed by atoms with E-state index >= 15 is 0 Å². The molecule has 0 aliphatic carbocycles. The Kier molecular flexibility index (Phi) is 4.54. The molecule has 0 unspecified atom stereocenters. The third-order valence-corrected chi connectivity index (χ3v) is 4.39. The fourth-order valence-corrected chi connectivity index (χ4v) is 2.90. The summed E-state index contributed by atoms with van der Waals surface area (Å²) < 4.78 is 41.1. The lowest BCUT2D eigenvalue weighted by Gasteiger charge is -2.16. The Labute approximate surface area is 151 Å². The highest BCUT2D eigenvalue weighted by Crippen LogP contribution is 2.33. The van der Waals surface area contributed by atoms with Gasteiger partial charge in [-0.2, -0.15) is 13.2 Å². The van der Waals surface area contributed by atoms with Gasteiger partial charge in [0.05, 0.1) is 11.3 Å². The van der Waals surface area contributed by atoms with E-state index < -0.39 is 23.0 Å². The van der Waals surface area contributed by atoms with E-state index in [0.29, 0.717) is 17.7 Å². The maximum atomic E-state index is 13.0. The number of benzene rings is 1. The molecule has 9 heteroatoms. The lowest BCUT2D eigenvalue weighted by atomic mass is 10.1. The number of hydrogen-bond donors (Lipinski definition) is 1. The summed E-state index contributed by atoms with van der Waals surface area (Å²) in [5, 5.41) is 3.07. The minimum atomic E-state index is -4.48. The van der Waals surface area contributed by atoms with Gasteiger partial charge in [-0.05, 0) is 30.2 Å². The van der Waals surface area contributed by atoms with Crippen LogP contribution >= 0.6 is 0 Å². The SMILES string of the molecule is CCc1cnc2c(c1Nc1cccc(C(F)(F)F)c1)c(=O)n(C)c(=O)n2C. The summed E-state index contributed by atoms with van der Waals surface area (Å²) in [5.74, 6) is 0. The molecule has 3 aromatic rings. The van der Waals surface area contributed by atoms with Gasteiger partial charge < -0.3 is 5.32 Å². The number of pyridine rings is 1. The Hall–Kier alpha value is -3.10. The molecule has 1 N–H and O–H groups in total. The Morgan fingerprint density at radius 2 is 1.85 bits per heavy atom. The molecule has 0 spiro atoms. The van der Waals surface area contributed by atoms with Crippen molar-refractivity contribution in [2.45, 2.75) is 19.5 Å². The van der Waals surface area contributed by atoms with Gasteiger partial charge in [-0.25, -0.2) is 9.78 Å². The average Bonchev–Trinajstić information content (AvgIpc) is 2.64. The molecule has 0 atom stereocenters. The van der Waals surface area contributed by atoms with Crippen LogP contribution in [0.3, 0.4) is 0 Å². The molecule has 27 heavy (non-hydrogen) atoms. The number of nitrogens with one attached hydrogen (secondary N) is 1. The molecular formula is C18H17F3N4O2. The van der Waals surface area contributed by atoms with Crippen LogP contribution in [-0.4, -0.2) is 14.1 Å². The van der Waals surface area contributed by atoms with Crippen LogP contribution in [0.5, 0.6) is 0 Å². The Morgan fingerprint density at radius 3 is 2.48 bits per heavy atom. The van der Waals surface area contributed by atoms with Crippen LogP contribution in [-0.2, 0) is 26.7 Å². The van der Waals surface area contributed by atoms with Crippen LogP contribution < -0.4 is 16.6 Å². The predicted octanol–water partition coefficient (Wildman–Crippen LogP) is 2.96. The second-order valence-corrected chi connectivity index (χ2v) is 6.12. The van der Waals surface area contributed by atoms with Crippen LogP contribution in [0.1, 0.15) is 18.1 Å². The first-order chi connectivity index (χ1) is 12.6. The van der Waals surface area contributed by atoms with Crippen LogP contribution in [0.4, 0.5) is 24.5 Å². The van der Waals surface area contributed by atoms with Crippen molar-refractivity contribution in [3.05, 3.63) is 62.4 Å². The zero-order valence-electron chi connectivity index (χ0n) is 14.9. The fraction of sp³-hybridized carbons (Fsp3) is 0.278. The second kappa shape index (κ2) is 6.57. The molecule has 0 saturated carbocycles. The largest absolute Gasteiger partial charge is 0.416 e. The average molecular weight is 378 g/mol. The number of aryl methyl sites for hydroxylation is 2. The second-order valence-electron chi connectivity index (χ2n) is 6.12. The minimum absolute atomic E-state index is 0.149. The fourth-order valence-electron chi connectivity index (χ4n) is 2.90. The van der Waals surface area contributed by atoms with Gasteiger partial charge in [0.1, 0.15) is 5.39 Å². The van der Waals surface area contributed by atoms with Gasteiger partial charge in [-0.1, -0.05) is 13.0 Å². The van der Waals surface area contributed by atoms with Crippen LogP contribution in [0.15, 0.2) is 40.1 Å². The molecule has 3 rings (SSSR count). The summed E-state index contributed by atoms with van der Waals surface area (Å²) in [7, 11) is 2.83. The molecule has 142 valence electrons. The van der Waals surface area contributed by atoms with E-state index in [4.69, 9.17) is 0 Å². The summed E-state index contributed by atoms with van der Waals surface area (Å²) in [6.45, 7) is 1.84. The number of aromatic nitrogens is 3. The van der Waals surface area contributed by atoms with Crippen molar-refractivity contribution in [1.29, 1.82) is 0 Å². The zero-order chi connectivity index (χ0) is 19.9. The van der Waals surface area contributed by atoms with E-state index in [1.807, 2.05) is 6.92 Å². The van der Waals surface area contributed by atoms with Crippen molar-refractivity contribution < 1.29 is 13.2 Å². The molecule has 0 amide bonds. The van der Waals surface area contributed by atoms with Crippen molar-refractivity contribution in [3.63, 3.8) is 0 Å². The van der Waals surface area contributed by atoms with E-state index in [1.165, 1.54) is 37.0 Å².